The number of halogens is 2. The molecule has 1 N–H and O–H groups in total. The maximum absolute atomic E-state index is 10.1. The van der Waals surface area contributed by atoms with Crippen molar-refractivity contribution in [3.05, 3.63) is 16.0 Å². The third kappa shape index (κ3) is 2.29. The number of aryl methyl sites for hydroxylation is 1. The Balaban J connectivity index is 3.13. The van der Waals surface area contributed by atoms with Crippen LogP contribution in [-0.2, 0) is 11.2 Å². The van der Waals surface area contributed by atoms with Gasteiger partial charge in [0.15, 0.2) is 16.1 Å². The molecule has 6 heteroatoms. The molecule has 0 unspecified atom stereocenters. The lowest BCUT2D eigenvalue weighted by Gasteiger charge is -2.04. The molecule has 1 aromatic rings. The first-order valence-electron chi connectivity index (χ1n) is 3.61. The summed E-state index contributed by atoms with van der Waals surface area (Å²) in [5, 5.41) is 2.69. The lowest BCUT2D eigenvalue weighted by atomic mass is 10.3. The van der Waals surface area contributed by atoms with E-state index in [1.165, 1.54) is 0 Å². The summed E-state index contributed by atoms with van der Waals surface area (Å²) in [6, 6.07) is 0. The van der Waals surface area contributed by atoms with Crippen LogP contribution in [0.15, 0.2) is 0 Å². The highest BCUT2D eigenvalue weighted by molar-refractivity contribution is 6.34. The van der Waals surface area contributed by atoms with Gasteiger partial charge < -0.3 is 5.32 Å². The first kappa shape index (κ1) is 10.2. The second-order valence-corrected chi connectivity index (χ2v) is 2.93. The minimum atomic E-state index is 0.0919. The van der Waals surface area contributed by atoms with E-state index in [0.717, 1.165) is 0 Å². The van der Waals surface area contributed by atoms with Gasteiger partial charge in [-0.1, -0.05) is 30.1 Å². The molecule has 0 fully saturated rings. The van der Waals surface area contributed by atoms with Crippen LogP contribution in [-0.4, -0.2) is 16.4 Å². The van der Waals surface area contributed by atoms with Gasteiger partial charge in [0.05, 0.1) is 5.69 Å². The molecule has 70 valence electrons. The molecule has 0 saturated carbocycles. The first-order valence-corrected chi connectivity index (χ1v) is 4.36. The standard InChI is InChI=1S/C7H7Cl2N3O/c1-2-4-5(8)12-6(9)7(11-4)10-3-13/h3H,2H2,1H3,(H,10,11,13). The SMILES string of the molecule is CCc1nc(NC=O)c(Cl)nc1Cl. The molecule has 0 aliphatic rings. The van der Waals surface area contributed by atoms with Gasteiger partial charge in [-0.2, -0.15) is 0 Å². The van der Waals surface area contributed by atoms with Gasteiger partial charge in [0.25, 0.3) is 0 Å². The fourth-order valence-corrected chi connectivity index (χ4v) is 1.29. The summed E-state index contributed by atoms with van der Waals surface area (Å²) < 4.78 is 0. The summed E-state index contributed by atoms with van der Waals surface area (Å²) in [5.74, 6) is 0.234. The fraction of sp³-hybridized carbons (Fsp3) is 0.286. The third-order valence-electron chi connectivity index (χ3n) is 1.41. The molecule has 1 heterocycles. The van der Waals surface area contributed by atoms with E-state index in [4.69, 9.17) is 23.2 Å². The summed E-state index contributed by atoms with van der Waals surface area (Å²) in [7, 11) is 0. The van der Waals surface area contributed by atoms with Crippen LogP contribution in [0.4, 0.5) is 5.82 Å². The van der Waals surface area contributed by atoms with Crippen LogP contribution in [0.3, 0.4) is 0 Å². The van der Waals surface area contributed by atoms with Gasteiger partial charge in [0.2, 0.25) is 6.41 Å². The van der Waals surface area contributed by atoms with Gasteiger partial charge >= 0.3 is 0 Å². The quantitative estimate of drug-likeness (QED) is 0.791. The Morgan fingerprint density at radius 2 is 2.08 bits per heavy atom. The molecule has 1 amide bonds. The zero-order chi connectivity index (χ0) is 9.84. The molecule has 0 spiro atoms. The lowest BCUT2D eigenvalue weighted by molar-refractivity contribution is -0.105. The van der Waals surface area contributed by atoms with E-state index in [-0.39, 0.29) is 16.1 Å². The normalized spacial score (nSPS) is 9.77. The summed E-state index contributed by atoms with van der Waals surface area (Å²) in [4.78, 5) is 18.0. The van der Waals surface area contributed by atoms with Crippen LogP contribution < -0.4 is 5.32 Å². The molecule has 0 radical (unpaired) electrons. The van der Waals surface area contributed by atoms with E-state index in [2.05, 4.69) is 15.3 Å². The van der Waals surface area contributed by atoms with E-state index in [0.29, 0.717) is 18.5 Å². The highest BCUT2D eigenvalue weighted by Gasteiger charge is 2.08. The molecule has 4 nitrogen and oxygen atoms in total. The van der Waals surface area contributed by atoms with E-state index in [1.54, 1.807) is 0 Å². The van der Waals surface area contributed by atoms with Gasteiger partial charge in [0, 0.05) is 0 Å². The molecule has 0 aliphatic carbocycles. The minimum absolute atomic E-state index is 0.0919. The van der Waals surface area contributed by atoms with Crippen LogP contribution in [0.1, 0.15) is 12.6 Å². The monoisotopic (exact) mass is 219 g/mol. The Hall–Kier alpha value is -0.870. The van der Waals surface area contributed by atoms with Crippen LogP contribution >= 0.6 is 23.2 Å². The molecule has 0 aromatic carbocycles. The van der Waals surface area contributed by atoms with Gasteiger partial charge in [-0.05, 0) is 6.42 Å². The van der Waals surface area contributed by atoms with Gasteiger partial charge in [0.1, 0.15) is 0 Å². The minimum Gasteiger partial charge on any atom is -0.311 e. The van der Waals surface area contributed by atoms with Crippen LogP contribution in [0.2, 0.25) is 10.3 Å². The number of carbonyl (C=O) groups excluding carboxylic acids is 1. The van der Waals surface area contributed by atoms with E-state index in [9.17, 15) is 4.79 Å². The highest BCUT2D eigenvalue weighted by Crippen LogP contribution is 2.21. The Labute approximate surface area is 85.3 Å². The number of amides is 1. The van der Waals surface area contributed by atoms with E-state index >= 15 is 0 Å². The first-order chi connectivity index (χ1) is 6.19. The number of aromatic nitrogens is 2. The molecule has 13 heavy (non-hydrogen) atoms. The molecular formula is C7H7Cl2N3O. The van der Waals surface area contributed by atoms with Crippen molar-refractivity contribution < 1.29 is 4.79 Å². The van der Waals surface area contributed by atoms with Crippen LogP contribution in [0.5, 0.6) is 0 Å². The summed E-state index contributed by atoms with van der Waals surface area (Å²) in [6.07, 6.45) is 1.12. The topological polar surface area (TPSA) is 54.9 Å². The molecular weight excluding hydrogens is 213 g/mol. The number of nitrogens with one attached hydrogen (secondary N) is 1. The predicted octanol–water partition coefficient (Wildman–Crippen LogP) is 1.91. The van der Waals surface area contributed by atoms with Crippen molar-refractivity contribution in [3.8, 4) is 0 Å². The van der Waals surface area contributed by atoms with Crippen molar-refractivity contribution in [1.29, 1.82) is 0 Å². The van der Waals surface area contributed by atoms with Gasteiger partial charge in [-0.25, -0.2) is 9.97 Å². The fourth-order valence-electron chi connectivity index (χ4n) is 0.803. The van der Waals surface area contributed by atoms with Crippen molar-refractivity contribution in [3.63, 3.8) is 0 Å². The second kappa shape index (κ2) is 4.39. The predicted molar refractivity (Wildman–Crippen MR) is 51.1 cm³/mol. The zero-order valence-corrected chi connectivity index (χ0v) is 8.35. The Bertz CT molecular complexity index is 330. The molecule has 0 saturated heterocycles. The van der Waals surface area contributed by atoms with Gasteiger partial charge in [-0.3, -0.25) is 4.79 Å². The summed E-state index contributed by atoms with van der Waals surface area (Å²) in [5.41, 5.74) is 0.607. The number of nitrogens with zero attached hydrogens (tertiary/aromatic N) is 2. The van der Waals surface area contributed by atoms with Crippen molar-refractivity contribution in [2.24, 2.45) is 0 Å². The highest BCUT2D eigenvalue weighted by atomic mass is 35.5. The maximum atomic E-state index is 10.1. The average molecular weight is 220 g/mol. The van der Waals surface area contributed by atoms with E-state index < -0.39 is 0 Å². The van der Waals surface area contributed by atoms with Gasteiger partial charge in [-0.15, -0.1) is 0 Å². The summed E-state index contributed by atoms with van der Waals surface area (Å²) in [6.45, 7) is 1.88. The van der Waals surface area contributed by atoms with Crippen LogP contribution in [0, 0.1) is 0 Å². The number of hydrogen-bond acceptors (Lipinski definition) is 3. The second-order valence-electron chi connectivity index (χ2n) is 2.22. The van der Waals surface area contributed by atoms with Crippen molar-refractivity contribution in [2.45, 2.75) is 13.3 Å². The largest absolute Gasteiger partial charge is 0.311 e. The Morgan fingerprint density at radius 1 is 1.38 bits per heavy atom. The molecule has 1 rings (SSSR count). The number of carbonyl (C=O) groups is 1. The zero-order valence-electron chi connectivity index (χ0n) is 6.84. The van der Waals surface area contributed by atoms with Crippen molar-refractivity contribution in [1.82, 2.24) is 9.97 Å². The van der Waals surface area contributed by atoms with Crippen LogP contribution in [0.25, 0.3) is 0 Å². The Morgan fingerprint density at radius 3 is 2.62 bits per heavy atom. The molecule has 0 atom stereocenters. The molecule has 0 aliphatic heterocycles. The third-order valence-corrected chi connectivity index (χ3v) is 1.97. The smallest absolute Gasteiger partial charge is 0.212 e. The number of anilines is 1. The number of hydrogen-bond donors (Lipinski definition) is 1. The van der Waals surface area contributed by atoms with Crippen molar-refractivity contribution >= 4 is 35.4 Å². The lowest BCUT2D eigenvalue weighted by Crippen LogP contribution is -2.02. The molecule has 1 aromatic heterocycles. The average Bonchev–Trinajstić information content (AvgIpc) is 2.10. The number of rotatable bonds is 3. The van der Waals surface area contributed by atoms with Crippen molar-refractivity contribution in [2.75, 3.05) is 5.32 Å². The maximum Gasteiger partial charge on any atom is 0.212 e. The van der Waals surface area contributed by atoms with E-state index in [1.807, 2.05) is 6.92 Å². The Kier molecular flexibility index (Phi) is 3.45. The molecule has 0 bridgehead atoms. The summed E-state index contributed by atoms with van der Waals surface area (Å²) >= 11 is 11.4.